The smallest absolute Gasteiger partial charge is 0.337 e. The molecule has 11 heteroatoms. The Bertz CT molecular complexity index is 1320. The van der Waals surface area contributed by atoms with Crippen LogP contribution in [0.25, 0.3) is 0 Å². The zero-order valence-corrected chi connectivity index (χ0v) is 20.5. The lowest BCUT2D eigenvalue weighted by atomic mass is 10.1. The maximum atomic E-state index is 12.7. The minimum absolute atomic E-state index is 0.00147. The first-order chi connectivity index (χ1) is 16.7. The number of carbonyl (C=O) groups is 2. The second-order valence-corrected chi connectivity index (χ2v) is 9.16. The first-order valence-corrected chi connectivity index (χ1v) is 12.3. The third-order valence-corrected chi connectivity index (χ3v) is 6.21. The van der Waals surface area contributed by atoms with Crippen molar-refractivity contribution < 1.29 is 27.5 Å². The van der Waals surface area contributed by atoms with Crippen molar-refractivity contribution in [2.24, 2.45) is 0 Å². The van der Waals surface area contributed by atoms with Crippen molar-refractivity contribution in [3.8, 4) is 5.75 Å². The van der Waals surface area contributed by atoms with Gasteiger partial charge in [0.15, 0.2) is 5.11 Å². The van der Waals surface area contributed by atoms with E-state index < -0.39 is 21.9 Å². The summed E-state index contributed by atoms with van der Waals surface area (Å²) in [5.74, 6) is -0.440. The molecular formula is C24H23N3O6S2. The van der Waals surface area contributed by atoms with Crippen molar-refractivity contribution in [1.29, 1.82) is 0 Å². The van der Waals surface area contributed by atoms with Crippen molar-refractivity contribution in [2.75, 3.05) is 23.8 Å². The van der Waals surface area contributed by atoms with E-state index in [0.29, 0.717) is 23.7 Å². The SMILES string of the molecule is CCOc1ccc(NS(=O)(=O)c2ccc(NC(=S)NC(=O)c3cccc(C(=O)OC)c3)cc2)cc1. The molecule has 0 atom stereocenters. The molecule has 0 aliphatic heterocycles. The number of amides is 1. The van der Waals surface area contributed by atoms with Gasteiger partial charge in [-0.1, -0.05) is 6.07 Å². The maximum Gasteiger partial charge on any atom is 0.337 e. The molecule has 35 heavy (non-hydrogen) atoms. The van der Waals surface area contributed by atoms with Gasteiger partial charge in [0.05, 0.1) is 24.2 Å². The van der Waals surface area contributed by atoms with Crippen LogP contribution in [0.3, 0.4) is 0 Å². The monoisotopic (exact) mass is 513 g/mol. The molecule has 0 spiro atoms. The molecule has 0 saturated heterocycles. The molecule has 3 aromatic carbocycles. The highest BCUT2D eigenvalue weighted by Gasteiger charge is 2.15. The summed E-state index contributed by atoms with van der Waals surface area (Å²) in [7, 11) is -2.56. The minimum atomic E-state index is -3.81. The zero-order chi connectivity index (χ0) is 25.4. The maximum absolute atomic E-state index is 12.7. The van der Waals surface area contributed by atoms with Gasteiger partial charge in [0.2, 0.25) is 0 Å². The average molecular weight is 514 g/mol. The molecule has 0 fully saturated rings. The van der Waals surface area contributed by atoms with E-state index in [1.165, 1.54) is 49.6 Å². The number of sulfonamides is 1. The molecule has 3 N–H and O–H groups in total. The fourth-order valence-electron chi connectivity index (χ4n) is 2.96. The Kier molecular flexibility index (Phi) is 8.39. The van der Waals surface area contributed by atoms with Gasteiger partial charge in [0, 0.05) is 16.9 Å². The first kappa shape index (κ1) is 25.7. The summed E-state index contributed by atoms with van der Waals surface area (Å²) in [5, 5.41) is 5.33. The first-order valence-electron chi connectivity index (χ1n) is 10.4. The fourth-order valence-corrected chi connectivity index (χ4v) is 4.23. The van der Waals surface area contributed by atoms with Crippen molar-refractivity contribution >= 4 is 50.6 Å². The standard InChI is InChI=1S/C24H23N3O6S2/c1-3-33-20-11-7-19(8-12-20)27-35(30,31)21-13-9-18(10-14-21)25-24(34)26-22(28)16-5-4-6-17(15-16)23(29)32-2/h4-15,27H,3H2,1-2H3,(H2,25,26,28,34). The topological polar surface area (TPSA) is 123 Å². The van der Waals surface area contributed by atoms with Gasteiger partial charge in [-0.2, -0.15) is 0 Å². The van der Waals surface area contributed by atoms with Crippen LogP contribution in [0.15, 0.2) is 77.7 Å². The number of ether oxygens (including phenoxy) is 2. The molecule has 3 rings (SSSR count). The number of methoxy groups -OCH3 is 1. The second kappa shape index (κ2) is 11.4. The van der Waals surface area contributed by atoms with Crippen LogP contribution in [0.5, 0.6) is 5.75 Å². The molecule has 0 heterocycles. The quantitative estimate of drug-likeness (QED) is 0.307. The van der Waals surface area contributed by atoms with Crippen LogP contribution in [0.2, 0.25) is 0 Å². The number of hydrogen-bond acceptors (Lipinski definition) is 7. The number of rotatable bonds is 8. The highest BCUT2D eigenvalue weighted by molar-refractivity contribution is 7.92. The molecule has 0 aliphatic carbocycles. The highest BCUT2D eigenvalue weighted by Crippen LogP contribution is 2.21. The summed E-state index contributed by atoms with van der Waals surface area (Å²) in [6.45, 7) is 2.38. The Balaban J connectivity index is 1.60. The van der Waals surface area contributed by atoms with Gasteiger partial charge < -0.3 is 14.8 Å². The molecule has 0 saturated carbocycles. The molecule has 182 valence electrons. The molecule has 0 radical (unpaired) electrons. The van der Waals surface area contributed by atoms with Gasteiger partial charge in [-0.3, -0.25) is 14.8 Å². The zero-order valence-electron chi connectivity index (χ0n) is 18.9. The van der Waals surface area contributed by atoms with E-state index in [4.69, 9.17) is 17.0 Å². The lowest BCUT2D eigenvalue weighted by Crippen LogP contribution is -2.34. The Morgan fingerprint density at radius 3 is 2.17 bits per heavy atom. The third kappa shape index (κ3) is 7.01. The Morgan fingerprint density at radius 1 is 0.914 bits per heavy atom. The van der Waals surface area contributed by atoms with E-state index >= 15 is 0 Å². The number of thiocarbonyl (C=S) groups is 1. The van der Waals surface area contributed by atoms with Crippen molar-refractivity contribution in [1.82, 2.24) is 5.32 Å². The molecule has 0 unspecified atom stereocenters. The predicted octanol–water partition coefficient (Wildman–Crippen LogP) is 3.80. The molecule has 0 bridgehead atoms. The highest BCUT2D eigenvalue weighted by atomic mass is 32.2. The van der Waals surface area contributed by atoms with Crippen LogP contribution >= 0.6 is 12.2 Å². The number of esters is 1. The number of benzene rings is 3. The van der Waals surface area contributed by atoms with E-state index in [1.54, 1.807) is 30.3 Å². The fraction of sp³-hybridized carbons (Fsp3) is 0.125. The number of hydrogen-bond donors (Lipinski definition) is 3. The van der Waals surface area contributed by atoms with E-state index in [0.717, 1.165) is 0 Å². The largest absolute Gasteiger partial charge is 0.494 e. The van der Waals surface area contributed by atoms with Gasteiger partial charge in [0.1, 0.15) is 5.75 Å². The Morgan fingerprint density at radius 2 is 1.54 bits per heavy atom. The number of nitrogens with one attached hydrogen (secondary N) is 3. The predicted molar refractivity (Wildman–Crippen MR) is 136 cm³/mol. The van der Waals surface area contributed by atoms with E-state index in [9.17, 15) is 18.0 Å². The van der Waals surface area contributed by atoms with Crippen LogP contribution in [0, 0.1) is 0 Å². The molecule has 0 aromatic heterocycles. The lowest BCUT2D eigenvalue weighted by Gasteiger charge is -2.12. The van der Waals surface area contributed by atoms with Crippen LogP contribution in [0.4, 0.5) is 11.4 Å². The van der Waals surface area contributed by atoms with Crippen molar-refractivity contribution in [2.45, 2.75) is 11.8 Å². The number of carbonyl (C=O) groups excluding carboxylic acids is 2. The minimum Gasteiger partial charge on any atom is -0.494 e. The summed E-state index contributed by atoms with van der Waals surface area (Å²) < 4.78 is 37.8. The number of anilines is 2. The summed E-state index contributed by atoms with van der Waals surface area (Å²) in [4.78, 5) is 24.1. The van der Waals surface area contributed by atoms with Crippen molar-refractivity contribution in [3.05, 3.63) is 83.9 Å². The Labute approximate surface area is 208 Å². The van der Waals surface area contributed by atoms with Crippen LogP contribution < -0.4 is 20.1 Å². The molecule has 0 aliphatic rings. The molecule has 9 nitrogen and oxygen atoms in total. The van der Waals surface area contributed by atoms with Gasteiger partial charge in [-0.25, -0.2) is 13.2 Å². The van der Waals surface area contributed by atoms with Crippen molar-refractivity contribution in [3.63, 3.8) is 0 Å². The summed E-state index contributed by atoms with van der Waals surface area (Å²) in [6.07, 6.45) is 0. The lowest BCUT2D eigenvalue weighted by molar-refractivity contribution is 0.0600. The molecule has 3 aromatic rings. The van der Waals surface area contributed by atoms with Crippen LogP contribution in [0.1, 0.15) is 27.6 Å². The third-order valence-electron chi connectivity index (χ3n) is 4.61. The average Bonchev–Trinajstić information content (AvgIpc) is 2.85. The molecular weight excluding hydrogens is 490 g/mol. The van der Waals surface area contributed by atoms with Gasteiger partial charge in [-0.15, -0.1) is 0 Å². The molecule has 1 amide bonds. The summed E-state index contributed by atoms with van der Waals surface area (Å²) in [5.41, 5.74) is 1.32. The van der Waals surface area contributed by atoms with Gasteiger partial charge in [-0.05, 0) is 85.9 Å². The van der Waals surface area contributed by atoms with E-state index in [-0.39, 0.29) is 21.1 Å². The Hall–Kier alpha value is -3.96. The van der Waals surface area contributed by atoms with E-state index in [2.05, 4.69) is 20.1 Å². The van der Waals surface area contributed by atoms with Crippen LogP contribution in [-0.2, 0) is 14.8 Å². The van der Waals surface area contributed by atoms with Gasteiger partial charge in [0.25, 0.3) is 15.9 Å². The van der Waals surface area contributed by atoms with Gasteiger partial charge >= 0.3 is 5.97 Å². The van der Waals surface area contributed by atoms with Crippen LogP contribution in [-0.4, -0.2) is 39.1 Å². The normalized spacial score (nSPS) is 10.7. The second-order valence-electron chi connectivity index (χ2n) is 7.07. The summed E-state index contributed by atoms with van der Waals surface area (Å²) in [6, 6.07) is 18.4. The summed E-state index contributed by atoms with van der Waals surface area (Å²) >= 11 is 5.17. The van der Waals surface area contributed by atoms with E-state index in [1.807, 2.05) is 6.92 Å².